The van der Waals surface area contributed by atoms with Crippen LogP contribution in [0.25, 0.3) is 0 Å². The van der Waals surface area contributed by atoms with Gasteiger partial charge in [-0.2, -0.15) is 11.8 Å². The minimum Gasteiger partial charge on any atom is -0.480 e. The van der Waals surface area contributed by atoms with Gasteiger partial charge in [0.05, 0.1) is 23.3 Å². The number of imide groups is 1. The van der Waals surface area contributed by atoms with Crippen LogP contribution in [0.15, 0.2) is 18.2 Å². The smallest absolute Gasteiger partial charge is 0.338 e. The van der Waals surface area contributed by atoms with Crippen molar-refractivity contribution in [1.82, 2.24) is 4.90 Å². The number of rotatable bonds is 8. The molecule has 7 nitrogen and oxygen atoms in total. The molecule has 1 N–H and O–H groups in total. The molecular weight excluding hydrogens is 442 g/mol. The van der Waals surface area contributed by atoms with Crippen LogP contribution < -0.4 is 0 Å². The van der Waals surface area contributed by atoms with E-state index in [9.17, 15) is 24.3 Å². The molecule has 1 unspecified atom stereocenters. The van der Waals surface area contributed by atoms with Gasteiger partial charge in [-0.25, -0.2) is 9.59 Å². The van der Waals surface area contributed by atoms with E-state index in [1.54, 1.807) is 0 Å². The number of carboxylic acid groups (broad SMARTS) is 1. The minimum atomic E-state index is -1.23. The summed E-state index contributed by atoms with van der Waals surface area (Å²) in [6.45, 7) is 0.404. The Labute approximate surface area is 197 Å². The molecule has 1 atom stereocenters. The molecule has 0 aromatic heterocycles. The maximum Gasteiger partial charge on any atom is 0.338 e. The van der Waals surface area contributed by atoms with Crippen molar-refractivity contribution in [3.63, 3.8) is 0 Å². The molecule has 0 spiro atoms. The van der Waals surface area contributed by atoms with Gasteiger partial charge in [-0.1, -0.05) is 0 Å². The number of hydrogen-bond donors (Lipinski definition) is 1. The summed E-state index contributed by atoms with van der Waals surface area (Å²) >= 11 is 1.45. The van der Waals surface area contributed by atoms with Gasteiger partial charge in [0.1, 0.15) is 6.04 Å². The number of carboxylic acids is 1. The molecule has 1 aromatic carbocycles. The van der Waals surface area contributed by atoms with Crippen molar-refractivity contribution in [3.8, 4) is 0 Å². The lowest BCUT2D eigenvalue weighted by molar-refractivity contribution is -0.141. The van der Waals surface area contributed by atoms with Crippen LogP contribution in [0.1, 0.15) is 76.0 Å². The highest BCUT2D eigenvalue weighted by molar-refractivity contribution is 7.98. The van der Waals surface area contributed by atoms with E-state index in [1.165, 1.54) is 49.2 Å². The number of aliphatic carboxylic acids is 1. The average Bonchev–Trinajstić information content (AvgIpc) is 3.01. The number of nitrogens with zero attached hydrogens (tertiary/aromatic N) is 1. The minimum absolute atomic E-state index is 0.0691. The fourth-order valence-electron chi connectivity index (χ4n) is 7.03. The zero-order valence-corrected chi connectivity index (χ0v) is 19.6. The predicted molar refractivity (Wildman–Crippen MR) is 122 cm³/mol. The van der Waals surface area contributed by atoms with Crippen LogP contribution in [-0.4, -0.2) is 58.4 Å². The second-order valence-electron chi connectivity index (χ2n) is 10.4. The normalized spacial score (nSPS) is 30.5. The second kappa shape index (κ2) is 8.46. The van der Waals surface area contributed by atoms with Crippen LogP contribution in [0.3, 0.4) is 0 Å². The van der Waals surface area contributed by atoms with E-state index in [1.807, 2.05) is 6.26 Å². The van der Waals surface area contributed by atoms with Crippen molar-refractivity contribution in [1.29, 1.82) is 0 Å². The van der Waals surface area contributed by atoms with Crippen molar-refractivity contribution in [3.05, 3.63) is 34.9 Å². The topological polar surface area (TPSA) is 101 Å². The Morgan fingerprint density at radius 3 is 2.27 bits per heavy atom. The largest absolute Gasteiger partial charge is 0.480 e. The van der Waals surface area contributed by atoms with Crippen LogP contribution in [0.4, 0.5) is 0 Å². The third-order valence-electron chi connectivity index (χ3n) is 8.02. The molecule has 4 aliphatic carbocycles. The lowest BCUT2D eigenvalue weighted by Crippen LogP contribution is -2.48. The van der Waals surface area contributed by atoms with E-state index in [-0.39, 0.29) is 28.5 Å². The molecule has 5 aliphatic rings. The number of ether oxygens (including phenoxy) is 1. The van der Waals surface area contributed by atoms with Gasteiger partial charge < -0.3 is 9.84 Å². The number of carbonyl (C=O) groups excluding carboxylic acids is 3. The van der Waals surface area contributed by atoms with Crippen LogP contribution in [0.5, 0.6) is 0 Å². The molecule has 1 aromatic rings. The predicted octanol–water partition coefficient (Wildman–Crippen LogP) is 3.86. The lowest BCUT2D eigenvalue weighted by Gasteiger charge is -2.56. The molecule has 2 amide bonds. The first-order chi connectivity index (χ1) is 15.8. The first kappa shape index (κ1) is 22.4. The molecule has 4 bridgehead atoms. The third-order valence-corrected chi connectivity index (χ3v) is 8.66. The second-order valence-corrected chi connectivity index (χ2v) is 11.4. The van der Waals surface area contributed by atoms with Crippen LogP contribution in [0, 0.1) is 23.2 Å². The number of esters is 1. The van der Waals surface area contributed by atoms with Gasteiger partial charge in [0, 0.05) is 5.41 Å². The Morgan fingerprint density at radius 1 is 1.09 bits per heavy atom. The zero-order chi connectivity index (χ0) is 23.3. The first-order valence-corrected chi connectivity index (χ1v) is 13.1. The van der Waals surface area contributed by atoms with Crippen LogP contribution >= 0.6 is 11.8 Å². The summed E-state index contributed by atoms with van der Waals surface area (Å²) < 4.78 is 5.75. The van der Waals surface area contributed by atoms with Crippen molar-refractivity contribution in [2.45, 2.75) is 51.0 Å². The van der Waals surface area contributed by atoms with Gasteiger partial charge in [-0.3, -0.25) is 14.5 Å². The van der Waals surface area contributed by atoms with E-state index < -0.39 is 29.8 Å². The van der Waals surface area contributed by atoms with Gasteiger partial charge >= 0.3 is 11.9 Å². The van der Waals surface area contributed by atoms with Gasteiger partial charge in [0.25, 0.3) is 11.8 Å². The fourth-order valence-corrected chi connectivity index (χ4v) is 7.49. The maximum absolute atomic E-state index is 13.0. The summed E-state index contributed by atoms with van der Waals surface area (Å²) in [6, 6.07) is 3.08. The maximum atomic E-state index is 13.0. The molecule has 1 heterocycles. The standard InChI is InChI=1S/C25H29NO6S/c1-33-5-4-20(23(29)30)26-21(27)18-3-2-17(9-19(18)22(26)28)24(31)32-13-25-10-14-6-15(11-25)8-16(7-14)12-25/h2-3,9,14-16,20H,4-8,10-13H2,1H3,(H,29,30). The summed E-state index contributed by atoms with van der Waals surface area (Å²) in [5, 5.41) is 9.57. The summed E-state index contributed by atoms with van der Waals surface area (Å²) in [5.74, 6) is -0.213. The molecule has 8 heteroatoms. The van der Waals surface area contributed by atoms with E-state index in [0.29, 0.717) is 12.4 Å². The van der Waals surface area contributed by atoms with E-state index in [4.69, 9.17) is 4.74 Å². The Morgan fingerprint density at radius 2 is 1.70 bits per heavy atom. The van der Waals surface area contributed by atoms with Crippen molar-refractivity contribution in [2.75, 3.05) is 18.6 Å². The molecular formula is C25H29NO6S. The molecule has 0 saturated heterocycles. The Balaban J connectivity index is 1.30. The molecule has 176 valence electrons. The Bertz CT molecular complexity index is 985. The summed E-state index contributed by atoms with van der Waals surface area (Å²) in [6.07, 6.45) is 9.35. The van der Waals surface area contributed by atoms with Crippen molar-refractivity contribution < 1.29 is 29.0 Å². The number of hydrogen-bond acceptors (Lipinski definition) is 6. The first-order valence-electron chi connectivity index (χ1n) is 11.7. The quantitative estimate of drug-likeness (QED) is 0.454. The number of carbonyl (C=O) groups is 4. The molecule has 4 fully saturated rings. The van der Waals surface area contributed by atoms with Crippen molar-refractivity contribution in [2.24, 2.45) is 23.2 Å². The Hall–Kier alpha value is -2.35. The monoisotopic (exact) mass is 471 g/mol. The molecule has 1 aliphatic heterocycles. The highest BCUT2D eigenvalue weighted by Crippen LogP contribution is 2.60. The number of benzene rings is 1. The van der Waals surface area contributed by atoms with Crippen molar-refractivity contribution >= 4 is 35.5 Å². The molecule has 6 rings (SSSR count). The molecule has 33 heavy (non-hydrogen) atoms. The zero-order valence-electron chi connectivity index (χ0n) is 18.7. The Kier molecular flexibility index (Phi) is 5.75. The molecule has 4 saturated carbocycles. The number of fused-ring (bicyclic) bond motifs is 1. The highest BCUT2D eigenvalue weighted by Gasteiger charge is 2.51. The van der Waals surface area contributed by atoms with E-state index in [0.717, 1.165) is 41.9 Å². The fraction of sp³-hybridized carbons (Fsp3) is 0.600. The van der Waals surface area contributed by atoms with Crippen LogP contribution in [0.2, 0.25) is 0 Å². The summed E-state index contributed by atoms with van der Waals surface area (Å²) in [4.78, 5) is 51.2. The SMILES string of the molecule is CSCCC(C(=O)O)N1C(=O)c2ccc(C(=O)OCC34CC5CC(CC(C5)C3)C4)cc2C1=O. The lowest BCUT2D eigenvalue weighted by atomic mass is 9.50. The average molecular weight is 472 g/mol. The molecule has 0 radical (unpaired) electrons. The van der Waals surface area contributed by atoms with Gasteiger partial charge in [0.2, 0.25) is 0 Å². The van der Waals surface area contributed by atoms with Gasteiger partial charge in [0.15, 0.2) is 0 Å². The number of thioether (sulfide) groups is 1. The van der Waals surface area contributed by atoms with Gasteiger partial charge in [-0.05, 0) is 92.9 Å². The summed E-state index contributed by atoms with van der Waals surface area (Å²) in [7, 11) is 0. The van der Waals surface area contributed by atoms with E-state index >= 15 is 0 Å². The van der Waals surface area contributed by atoms with Gasteiger partial charge in [-0.15, -0.1) is 0 Å². The summed E-state index contributed by atoms with van der Waals surface area (Å²) in [5.41, 5.74) is 0.514. The van der Waals surface area contributed by atoms with E-state index in [2.05, 4.69) is 0 Å². The highest BCUT2D eigenvalue weighted by atomic mass is 32.2. The van der Waals surface area contributed by atoms with Crippen LogP contribution in [-0.2, 0) is 9.53 Å². The number of amides is 2. The third kappa shape index (κ3) is 3.96.